The molecular formula is C20H25F3N2O4S. The van der Waals surface area contributed by atoms with E-state index in [1.807, 2.05) is 0 Å². The molecule has 0 saturated carbocycles. The number of anilines is 1. The third kappa shape index (κ3) is 6.33. The van der Waals surface area contributed by atoms with Gasteiger partial charge in [-0.05, 0) is 51.0 Å². The van der Waals surface area contributed by atoms with Crippen molar-refractivity contribution in [3.63, 3.8) is 0 Å². The van der Waals surface area contributed by atoms with Crippen LogP contribution in [0.4, 0.5) is 18.9 Å². The van der Waals surface area contributed by atoms with E-state index in [9.17, 15) is 26.7 Å². The Labute approximate surface area is 174 Å². The van der Waals surface area contributed by atoms with E-state index in [2.05, 4.69) is 10.3 Å². The maximum Gasteiger partial charge on any atom is 0.418 e. The molecule has 1 aromatic carbocycles. The number of benzene rings is 1. The van der Waals surface area contributed by atoms with Crippen LogP contribution in [0.5, 0.6) is 0 Å². The normalized spacial score (nSPS) is 18.5. The molecule has 0 fully saturated rings. The lowest BCUT2D eigenvalue weighted by Gasteiger charge is -2.28. The first-order valence-corrected chi connectivity index (χ1v) is 10.8. The van der Waals surface area contributed by atoms with Gasteiger partial charge in [-0.3, -0.25) is 0 Å². The highest BCUT2D eigenvalue weighted by atomic mass is 32.2. The van der Waals surface area contributed by atoms with E-state index in [-0.39, 0.29) is 23.8 Å². The summed E-state index contributed by atoms with van der Waals surface area (Å²) in [7, 11) is -3.54. The number of aliphatic hydroxyl groups is 1. The second-order valence-electron chi connectivity index (χ2n) is 7.65. The van der Waals surface area contributed by atoms with Crippen molar-refractivity contribution in [1.29, 1.82) is 0 Å². The summed E-state index contributed by atoms with van der Waals surface area (Å²) in [4.78, 5) is 4.08. The molecule has 10 heteroatoms. The maximum atomic E-state index is 13.5. The van der Waals surface area contributed by atoms with E-state index in [0.717, 1.165) is 5.41 Å². The first kappa shape index (κ1) is 23.9. The van der Waals surface area contributed by atoms with Crippen LogP contribution >= 0.6 is 0 Å². The van der Waals surface area contributed by atoms with Gasteiger partial charge in [0.2, 0.25) is 5.88 Å². The van der Waals surface area contributed by atoms with Crippen LogP contribution in [0.15, 0.2) is 57.1 Å². The zero-order valence-corrected chi connectivity index (χ0v) is 17.9. The molecule has 0 aromatic heterocycles. The molecule has 0 aliphatic carbocycles. The molecule has 0 saturated heterocycles. The molecule has 166 valence electrons. The van der Waals surface area contributed by atoms with E-state index in [1.54, 1.807) is 6.92 Å². The molecule has 2 rings (SSSR count). The summed E-state index contributed by atoms with van der Waals surface area (Å²) >= 11 is 0. The SMILES string of the molecule is C/C=C\S(=O)(=O)c1ccc(NC2=NC(OCC(C)(C)O)=C(C(F)(F)F)C(C)C2)cc1. The van der Waals surface area contributed by atoms with Crippen molar-refractivity contribution in [2.75, 3.05) is 11.9 Å². The number of alkyl halides is 3. The second-order valence-corrected chi connectivity index (χ2v) is 9.48. The fourth-order valence-corrected chi connectivity index (χ4v) is 3.85. The molecule has 0 radical (unpaired) electrons. The van der Waals surface area contributed by atoms with E-state index in [0.29, 0.717) is 5.69 Å². The van der Waals surface area contributed by atoms with Crippen molar-refractivity contribution in [3.05, 3.63) is 47.2 Å². The van der Waals surface area contributed by atoms with E-state index < -0.39 is 39.0 Å². The average Bonchev–Trinajstić information content (AvgIpc) is 2.58. The lowest BCUT2D eigenvalue weighted by molar-refractivity contribution is -0.104. The highest BCUT2D eigenvalue weighted by Crippen LogP contribution is 2.39. The Bertz CT molecular complexity index is 957. The standard InChI is InChI=1S/C20H25F3N2O4S/c1-5-10-30(27,28)15-8-6-14(7-9-15)24-16-11-13(2)17(20(21,22)23)18(25-16)29-12-19(3,4)26/h5-10,13,26H,11-12H2,1-4H3,(H,24,25)/b10-5-. The van der Waals surface area contributed by atoms with Gasteiger partial charge < -0.3 is 15.2 Å². The Morgan fingerprint density at radius 2 is 1.87 bits per heavy atom. The predicted octanol–water partition coefficient (Wildman–Crippen LogP) is 4.41. The molecule has 1 unspecified atom stereocenters. The van der Waals surface area contributed by atoms with E-state index in [1.165, 1.54) is 51.1 Å². The molecular weight excluding hydrogens is 421 g/mol. The number of aliphatic imine (C=N–C) groups is 1. The van der Waals surface area contributed by atoms with Gasteiger partial charge >= 0.3 is 6.18 Å². The van der Waals surface area contributed by atoms with Gasteiger partial charge in [0.15, 0.2) is 9.84 Å². The average molecular weight is 446 g/mol. The summed E-state index contributed by atoms with van der Waals surface area (Å²) in [5.74, 6) is -1.26. The van der Waals surface area contributed by atoms with Gasteiger partial charge in [0.25, 0.3) is 0 Å². The molecule has 30 heavy (non-hydrogen) atoms. The maximum absolute atomic E-state index is 13.5. The summed E-state index contributed by atoms with van der Waals surface area (Å²) < 4.78 is 69.7. The topological polar surface area (TPSA) is 88.0 Å². The summed E-state index contributed by atoms with van der Waals surface area (Å²) in [6.45, 7) is 5.48. The minimum absolute atomic E-state index is 0.0111. The van der Waals surface area contributed by atoms with Gasteiger partial charge in [-0.25, -0.2) is 13.4 Å². The summed E-state index contributed by atoms with van der Waals surface area (Å²) in [5, 5.41) is 13.8. The molecule has 0 spiro atoms. The van der Waals surface area contributed by atoms with Crippen molar-refractivity contribution < 1.29 is 31.4 Å². The van der Waals surface area contributed by atoms with Crippen LogP contribution in [0.3, 0.4) is 0 Å². The largest absolute Gasteiger partial charge is 0.474 e. The molecule has 1 heterocycles. The van der Waals surface area contributed by atoms with Crippen molar-refractivity contribution in [3.8, 4) is 0 Å². The molecule has 2 N–H and O–H groups in total. The molecule has 1 aliphatic heterocycles. The number of hydrogen-bond acceptors (Lipinski definition) is 6. The number of hydrogen-bond donors (Lipinski definition) is 2. The van der Waals surface area contributed by atoms with Crippen molar-refractivity contribution in [2.24, 2.45) is 10.9 Å². The lowest BCUT2D eigenvalue weighted by Crippen LogP contribution is -2.31. The van der Waals surface area contributed by atoms with Crippen molar-refractivity contribution in [1.82, 2.24) is 0 Å². The highest BCUT2D eigenvalue weighted by molar-refractivity contribution is 7.94. The van der Waals surface area contributed by atoms with E-state index >= 15 is 0 Å². The van der Waals surface area contributed by atoms with Gasteiger partial charge in [-0.2, -0.15) is 13.2 Å². The fourth-order valence-electron chi connectivity index (χ4n) is 2.82. The van der Waals surface area contributed by atoms with Crippen molar-refractivity contribution in [2.45, 2.75) is 50.8 Å². The molecule has 1 aliphatic rings. The quantitative estimate of drug-likeness (QED) is 0.676. The van der Waals surface area contributed by atoms with Crippen LogP contribution < -0.4 is 5.32 Å². The first-order valence-electron chi connectivity index (χ1n) is 9.22. The summed E-state index contributed by atoms with van der Waals surface area (Å²) in [5.41, 5.74) is -1.75. The van der Waals surface area contributed by atoms with Gasteiger partial charge in [0, 0.05) is 17.5 Å². The van der Waals surface area contributed by atoms with Crippen LogP contribution in [0, 0.1) is 5.92 Å². The Kier molecular flexibility index (Phi) is 7.03. The zero-order chi connectivity index (χ0) is 22.7. The Balaban J connectivity index is 2.31. The Hall–Kier alpha value is -2.33. The van der Waals surface area contributed by atoms with Crippen LogP contribution in [0.2, 0.25) is 0 Å². The van der Waals surface area contributed by atoms with Gasteiger partial charge in [0.1, 0.15) is 12.4 Å². The number of allylic oxidation sites excluding steroid dienone is 2. The molecule has 1 atom stereocenters. The number of nitrogens with one attached hydrogen (secondary N) is 1. The number of rotatable bonds is 6. The monoisotopic (exact) mass is 446 g/mol. The first-order chi connectivity index (χ1) is 13.7. The molecule has 1 aromatic rings. The van der Waals surface area contributed by atoms with Crippen LogP contribution in [-0.4, -0.2) is 37.7 Å². The summed E-state index contributed by atoms with van der Waals surface area (Å²) in [6, 6.07) is 5.80. The zero-order valence-electron chi connectivity index (χ0n) is 17.1. The molecule has 0 bridgehead atoms. The molecule has 0 amide bonds. The molecule has 6 nitrogen and oxygen atoms in total. The van der Waals surface area contributed by atoms with Crippen LogP contribution in [0.1, 0.15) is 34.1 Å². The minimum atomic E-state index is -4.62. The number of nitrogens with zero attached hydrogens (tertiary/aromatic N) is 1. The number of sulfone groups is 1. The predicted molar refractivity (Wildman–Crippen MR) is 109 cm³/mol. The third-order valence-corrected chi connectivity index (χ3v) is 5.67. The number of halogens is 3. The minimum Gasteiger partial charge on any atom is -0.474 e. The fraction of sp³-hybridized carbons (Fsp3) is 0.450. The third-order valence-electron chi connectivity index (χ3n) is 4.11. The van der Waals surface area contributed by atoms with Gasteiger partial charge in [0.05, 0.1) is 16.1 Å². The van der Waals surface area contributed by atoms with Crippen LogP contribution in [-0.2, 0) is 14.6 Å². The van der Waals surface area contributed by atoms with Crippen LogP contribution in [0.25, 0.3) is 0 Å². The smallest absolute Gasteiger partial charge is 0.418 e. The summed E-state index contributed by atoms with van der Waals surface area (Å²) in [6.07, 6.45) is -3.21. The van der Waals surface area contributed by atoms with Gasteiger partial charge in [-0.1, -0.05) is 13.0 Å². The second kappa shape index (κ2) is 8.81. The number of ether oxygens (including phenoxy) is 1. The Morgan fingerprint density at radius 3 is 2.37 bits per heavy atom. The lowest BCUT2D eigenvalue weighted by atomic mass is 9.94. The Morgan fingerprint density at radius 1 is 1.27 bits per heavy atom. The highest BCUT2D eigenvalue weighted by Gasteiger charge is 2.43. The van der Waals surface area contributed by atoms with Crippen molar-refractivity contribution >= 4 is 21.4 Å². The van der Waals surface area contributed by atoms with Gasteiger partial charge in [-0.15, -0.1) is 0 Å². The van der Waals surface area contributed by atoms with E-state index in [4.69, 9.17) is 4.74 Å². The number of amidine groups is 1.